The standard InChI is InChI=1S/C18H22N2O/c1-13-8-10-16(11-9-13)15(3)19-12-18(21)20-17-7-5-4-6-14(17)2/h4-11,15,19H,12H2,1-3H3,(H,20,21)/t15-/m0/s1. The van der Waals surface area contributed by atoms with E-state index in [9.17, 15) is 4.79 Å². The van der Waals surface area contributed by atoms with Crippen LogP contribution >= 0.6 is 0 Å². The van der Waals surface area contributed by atoms with Crippen LogP contribution < -0.4 is 10.6 Å². The van der Waals surface area contributed by atoms with Gasteiger partial charge in [0.05, 0.1) is 6.54 Å². The fraction of sp³-hybridized carbons (Fsp3) is 0.278. The third kappa shape index (κ3) is 4.43. The number of rotatable bonds is 5. The Hall–Kier alpha value is -2.13. The summed E-state index contributed by atoms with van der Waals surface area (Å²) in [5.41, 5.74) is 4.36. The second-order valence-electron chi connectivity index (χ2n) is 5.38. The highest BCUT2D eigenvalue weighted by molar-refractivity contribution is 5.92. The lowest BCUT2D eigenvalue weighted by atomic mass is 10.1. The number of carbonyl (C=O) groups is 1. The molecular weight excluding hydrogens is 260 g/mol. The maximum Gasteiger partial charge on any atom is 0.238 e. The van der Waals surface area contributed by atoms with E-state index >= 15 is 0 Å². The van der Waals surface area contributed by atoms with Gasteiger partial charge in [0.2, 0.25) is 5.91 Å². The smallest absolute Gasteiger partial charge is 0.238 e. The average molecular weight is 282 g/mol. The predicted octanol–water partition coefficient (Wildman–Crippen LogP) is 3.59. The molecule has 0 fully saturated rings. The highest BCUT2D eigenvalue weighted by Crippen LogP contribution is 2.14. The second kappa shape index (κ2) is 7.04. The fourth-order valence-corrected chi connectivity index (χ4v) is 2.13. The quantitative estimate of drug-likeness (QED) is 0.880. The van der Waals surface area contributed by atoms with Crippen LogP contribution in [-0.2, 0) is 4.79 Å². The summed E-state index contributed by atoms with van der Waals surface area (Å²) in [4.78, 5) is 12.0. The minimum Gasteiger partial charge on any atom is -0.325 e. The van der Waals surface area contributed by atoms with Crippen molar-refractivity contribution in [2.75, 3.05) is 11.9 Å². The van der Waals surface area contributed by atoms with Crippen LogP contribution in [0.3, 0.4) is 0 Å². The number of hydrogen-bond acceptors (Lipinski definition) is 2. The Bertz CT molecular complexity index is 605. The molecule has 2 rings (SSSR count). The van der Waals surface area contributed by atoms with E-state index in [1.165, 1.54) is 11.1 Å². The molecule has 2 aromatic rings. The monoisotopic (exact) mass is 282 g/mol. The summed E-state index contributed by atoms with van der Waals surface area (Å²) in [7, 11) is 0. The number of para-hydroxylation sites is 1. The summed E-state index contributed by atoms with van der Waals surface area (Å²) >= 11 is 0. The molecule has 0 heterocycles. The zero-order chi connectivity index (χ0) is 15.2. The molecule has 0 saturated carbocycles. The average Bonchev–Trinajstić information content (AvgIpc) is 2.48. The molecule has 0 bridgehead atoms. The number of anilines is 1. The summed E-state index contributed by atoms with van der Waals surface area (Å²) < 4.78 is 0. The minimum absolute atomic E-state index is 0.0248. The Morgan fingerprint density at radius 3 is 2.38 bits per heavy atom. The van der Waals surface area contributed by atoms with Gasteiger partial charge >= 0.3 is 0 Å². The molecule has 3 nitrogen and oxygen atoms in total. The lowest BCUT2D eigenvalue weighted by Crippen LogP contribution is -2.30. The summed E-state index contributed by atoms with van der Waals surface area (Å²) in [5.74, 6) is -0.0248. The van der Waals surface area contributed by atoms with Crippen LogP contribution in [0.4, 0.5) is 5.69 Å². The fourth-order valence-electron chi connectivity index (χ4n) is 2.13. The van der Waals surface area contributed by atoms with Gasteiger partial charge in [-0.2, -0.15) is 0 Å². The number of carbonyl (C=O) groups excluding carboxylic acids is 1. The van der Waals surface area contributed by atoms with E-state index in [1.807, 2.05) is 31.2 Å². The Labute approximate surface area is 126 Å². The summed E-state index contributed by atoms with van der Waals surface area (Å²) in [6.45, 7) is 6.41. The summed E-state index contributed by atoms with van der Waals surface area (Å²) in [5, 5.41) is 6.17. The van der Waals surface area contributed by atoms with E-state index in [4.69, 9.17) is 0 Å². The lowest BCUT2D eigenvalue weighted by molar-refractivity contribution is -0.115. The zero-order valence-electron chi connectivity index (χ0n) is 12.8. The maximum absolute atomic E-state index is 12.0. The van der Waals surface area contributed by atoms with Gasteiger partial charge < -0.3 is 10.6 Å². The van der Waals surface area contributed by atoms with Gasteiger partial charge in [-0.3, -0.25) is 4.79 Å². The Balaban J connectivity index is 1.86. The first-order valence-corrected chi connectivity index (χ1v) is 7.21. The molecule has 3 heteroatoms. The molecule has 0 unspecified atom stereocenters. The third-order valence-corrected chi connectivity index (χ3v) is 3.57. The normalized spacial score (nSPS) is 12.0. The molecule has 0 spiro atoms. The Morgan fingerprint density at radius 2 is 1.71 bits per heavy atom. The molecule has 0 radical (unpaired) electrons. The highest BCUT2D eigenvalue weighted by atomic mass is 16.1. The molecule has 1 atom stereocenters. The number of amides is 1. The molecule has 0 aliphatic carbocycles. The molecule has 0 saturated heterocycles. The van der Waals surface area contributed by atoms with E-state index in [0.717, 1.165) is 11.3 Å². The van der Waals surface area contributed by atoms with Crippen molar-refractivity contribution in [3.8, 4) is 0 Å². The van der Waals surface area contributed by atoms with E-state index in [1.54, 1.807) is 0 Å². The van der Waals surface area contributed by atoms with Crippen LogP contribution in [0.1, 0.15) is 29.7 Å². The van der Waals surface area contributed by atoms with Gasteiger partial charge in [-0.25, -0.2) is 0 Å². The van der Waals surface area contributed by atoms with Crippen LogP contribution in [0.5, 0.6) is 0 Å². The molecule has 2 aromatic carbocycles. The van der Waals surface area contributed by atoms with Crippen molar-refractivity contribution < 1.29 is 4.79 Å². The molecule has 21 heavy (non-hydrogen) atoms. The van der Waals surface area contributed by atoms with Crippen LogP contribution in [0, 0.1) is 13.8 Å². The van der Waals surface area contributed by atoms with E-state index in [2.05, 4.69) is 48.7 Å². The van der Waals surface area contributed by atoms with Crippen LogP contribution in [0.2, 0.25) is 0 Å². The number of benzene rings is 2. The molecule has 1 amide bonds. The van der Waals surface area contributed by atoms with Gasteiger partial charge in [0.1, 0.15) is 0 Å². The lowest BCUT2D eigenvalue weighted by Gasteiger charge is -2.15. The van der Waals surface area contributed by atoms with E-state index in [0.29, 0.717) is 6.54 Å². The van der Waals surface area contributed by atoms with Crippen molar-refractivity contribution in [3.63, 3.8) is 0 Å². The number of nitrogens with one attached hydrogen (secondary N) is 2. The second-order valence-corrected chi connectivity index (χ2v) is 5.38. The summed E-state index contributed by atoms with van der Waals surface area (Å²) in [6, 6.07) is 16.3. The van der Waals surface area contributed by atoms with Crippen molar-refractivity contribution in [2.24, 2.45) is 0 Å². The third-order valence-electron chi connectivity index (χ3n) is 3.57. The van der Waals surface area contributed by atoms with Gasteiger partial charge in [0.15, 0.2) is 0 Å². The predicted molar refractivity (Wildman–Crippen MR) is 87.4 cm³/mol. The SMILES string of the molecule is Cc1ccc([C@H](C)NCC(=O)Nc2ccccc2C)cc1. The van der Waals surface area contributed by atoms with Crippen molar-refractivity contribution in [1.82, 2.24) is 5.32 Å². The molecule has 110 valence electrons. The van der Waals surface area contributed by atoms with Gasteiger partial charge in [-0.15, -0.1) is 0 Å². The van der Waals surface area contributed by atoms with Crippen molar-refractivity contribution >= 4 is 11.6 Å². The summed E-state index contributed by atoms with van der Waals surface area (Å²) in [6.07, 6.45) is 0. The van der Waals surface area contributed by atoms with Crippen LogP contribution in [0.15, 0.2) is 48.5 Å². The van der Waals surface area contributed by atoms with Crippen molar-refractivity contribution in [1.29, 1.82) is 0 Å². The Morgan fingerprint density at radius 1 is 1.05 bits per heavy atom. The first-order chi connectivity index (χ1) is 10.1. The van der Waals surface area contributed by atoms with Gasteiger partial charge in [-0.1, -0.05) is 48.0 Å². The first-order valence-electron chi connectivity index (χ1n) is 7.21. The molecule has 0 aliphatic heterocycles. The molecule has 0 aliphatic rings. The highest BCUT2D eigenvalue weighted by Gasteiger charge is 2.08. The van der Waals surface area contributed by atoms with Crippen LogP contribution in [-0.4, -0.2) is 12.5 Å². The Kier molecular flexibility index (Phi) is 5.12. The first kappa shape index (κ1) is 15.3. The van der Waals surface area contributed by atoms with Gasteiger partial charge in [0.25, 0.3) is 0 Å². The molecular formula is C18H22N2O. The maximum atomic E-state index is 12.0. The van der Waals surface area contributed by atoms with Crippen LogP contribution in [0.25, 0.3) is 0 Å². The van der Waals surface area contributed by atoms with Crippen molar-refractivity contribution in [2.45, 2.75) is 26.8 Å². The van der Waals surface area contributed by atoms with E-state index < -0.39 is 0 Å². The molecule has 2 N–H and O–H groups in total. The minimum atomic E-state index is -0.0248. The van der Waals surface area contributed by atoms with Crippen molar-refractivity contribution in [3.05, 3.63) is 65.2 Å². The van der Waals surface area contributed by atoms with Gasteiger partial charge in [-0.05, 0) is 38.0 Å². The van der Waals surface area contributed by atoms with E-state index in [-0.39, 0.29) is 11.9 Å². The zero-order valence-corrected chi connectivity index (χ0v) is 12.8. The number of aryl methyl sites for hydroxylation is 2. The largest absolute Gasteiger partial charge is 0.325 e. The molecule has 0 aromatic heterocycles. The van der Waals surface area contributed by atoms with Gasteiger partial charge in [0, 0.05) is 11.7 Å². The topological polar surface area (TPSA) is 41.1 Å². The number of hydrogen-bond donors (Lipinski definition) is 2.